The summed E-state index contributed by atoms with van der Waals surface area (Å²) in [5, 5.41) is 0. The second kappa shape index (κ2) is 3.48. The molecule has 0 aromatic carbocycles. The Bertz CT molecular complexity index is 44.5. The van der Waals surface area contributed by atoms with Crippen LogP contribution in [0.25, 0.3) is 0 Å². The zero-order chi connectivity index (χ0) is 5.91. The van der Waals surface area contributed by atoms with Gasteiger partial charge in [-0.1, -0.05) is 59.0 Å². The smallest absolute Gasteiger partial charge is 0.0173 e. The van der Waals surface area contributed by atoms with Crippen molar-refractivity contribution >= 4 is 45.2 Å². The predicted molar refractivity (Wildman–Crippen MR) is 51.6 cm³/mol. The van der Waals surface area contributed by atoms with Gasteiger partial charge in [0.25, 0.3) is 0 Å². The third-order valence-electron chi connectivity index (χ3n) is 0.689. The molecule has 0 N–H and O–H groups in total. The molecule has 0 heterocycles. The topological polar surface area (TPSA) is 0 Å². The van der Waals surface area contributed by atoms with Crippen LogP contribution in [0.1, 0.15) is 20.3 Å². The number of halogens is 2. The molecule has 0 aliphatic heterocycles. The molecular formula is C5H10I2. The Kier molecular flexibility index (Phi) is 4.20. The fraction of sp³-hybridized carbons (Fsp3) is 1.00. The van der Waals surface area contributed by atoms with Crippen molar-refractivity contribution in [3.05, 3.63) is 0 Å². The molecule has 0 amide bonds. The highest BCUT2D eigenvalue weighted by atomic mass is 127. The highest BCUT2D eigenvalue weighted by Crippen LogP contribution is 2.21. The third kappa shape index (κ3) is 7.46. The Morgan fingerprint density at radius 1 is 1.43 bits per heavy atom. The minimum absolute atomic E-state index is 0.513. The van der Waals surface area contributed by atoms with Gasteiger partial charge in [-0.25, -0.2) is 0 Å². The van der Waals surface area contributed by atoms with Gasteiger partial charge in [0, 0.05) is 7.85 Å². The van der Waals surface area contributed by atoms with Gasteiger partial charge in [0.1, 0.15) is 0 Å². The number of alkyl halides is 2. The van der Waals surface area contributed by atoms with E-state index < -0.39 is 0 Å². The van der Waals surface area contributed by atoms with Crippen LogP contribution in [0.15, 0.2) is 0 Å². The zero-order valence-corrected chi connectivity index (χ0v) is 8.99. The van der Waals surface area contributed by atoms with E-state index >= 15 is 0 Å². The van der Waals surface area contributed by atoms with E-state index in [1.807, 2.05) is 0 Å². The standard InChI is InChI=1S/C5H10I2/c1-5(2,7)3-4-6/h3-4H2,1-2H3. The zero-order valence-electron chi connectivity index (χ0n) is 4.67. The van der Waals surface area contributed by atoms with Crippen LogP contribution in [0.5, 0.6) is 0 Å². The van der Waals surface area contributed by atoms with Crippen molar-refractivity contribution in [2.75, 3.05) is 4.43 Å². The Morgan fingerprint density at radius 3 is 1.86 bits per heavy atom. The molecule has 7 heavy (non-hydrogen) atoms. The average molecular weight is 324 g/mol. The number of rotatable bonds is 2. The van der Waals surface area contributed by atoms with Crippen molar-refractivity contribution in [3.63, 3.8) is 0 Å². The van der Waals surface area contributed by atoms with Gasteiger partial charge in [-0.05, 0) is 6.42 Å². The van der Waals surface area contributed by atoms with Crippen molar-refractivity contribution in [2.45, 2.75) is 23.7 Å². The molecule has 0 aliphatic carbocycles. The molecule has 0 nitrogen and oxygen atoms in total. The van der Waals surface area contributed by atoms with Crippen molar-refractivity contribution in [1.29, 1.82) is 0 Å². The molecule has 0 saturated heterocycles. The maximum absolute atomic E-state index is 2.47. The first kappa shape index (κ1) is 8.46. The first-order chi connectivity index (χ1) is 3.06. The van der Waals surface area contributed by atoms with Crippen LogP contribution in [-0.4, -0.2) is 7.85 Å². The summed E-state index contributed by atoms with van der Waals surface area (Å²) in [6, 6.07) is 0. The molecule has 0 spiro atoms. The summed E-state index contributed by atoms with van der Waals surface area (Å²) in [6.07, 6.45) is 1.31. The van der Waals surface area contributed by atoms with Crippen LogP contribution in [0.2, 0.25) is 0 Å². The molecule has 0 aromatic heterocycles. The summed E-state index contributed by atoms with van der Waals surface area (Å²) in [7, 11) is 0. The summed E-state index contributed by atoms with van der Waals surface area (Å²) >= 11 is 4.88. The Balaban J connectivity index is 3.15. The lowest BCUT2D eigenvalue weighted by molar-refractivity contribution is 0.733. The van der Waals surface area contributed by atoms with Crippen LogP contribution in [0, 0.1) is 0 Å². The Hall–Kier alpha value is 1.46. The van der Waals surface area contributed by atoms with Gasteiger partial charge in [0.2, 0.25) is 0 Å². The van der Waals surface area contributed by atoms with Gasteiger partial charge < -0.3 is 0 Å². The summed E-state index contributed by atoms with van der Waals surface area (Å²) in [5.41, 5.74) is 0. The van der Waals surface area contributed by atoms with E-state index in [2.05, 4.69) is 59.0 Å². The lowest BCUT2D eigenvalue weighted by Gasteiger charge is -2.12. The first-order valence-corrected chi connectivity index (χ1v) is 4.91. The number of hydrogen-bond donors (Lipinski definition) is 0. The highest BCUT2D eigenvalue weighted by Gasteiger charge is 2.09. The quantitative estimate of drug-likeness (QED) is 0.541. The summed E-state index contributed by atoms with van der Waals surface area (Å²) < 4.78 is 1.78. The molecule has 0 radical (unpaired) electrons. The van der Waals surface area contributed by atoms with E-state index in [0.29, 0.717) is 3.42 Å². The minimum Gasteiger partial charge on any atom is -0.0863 e. The summed E-state index contributed by atoms with van der Waals surface area (Å²) in [6.45, 7) is 4.51. The van der Waals surface area contributed by atoms with Gasteiger partial charge in [0.05, 0.1) is 0 Å². The van der Waals surface area contributed by atoms with Gasteiger partial charge in [-0.2, -0.15) is 0 Å². The molecule has 2 heteroatoms. The first-order valence-electron chi connectivity index (χ1n) is 2.31. The second-order valence-electron chi connectivity index (χ2n) is 2.16. The molecule has 0 saturated carbocycles. The molecule has 44 valence electrons. The van der Waals surface area contributed by atoms with E-state index in [-0.39, 0.29) is 0 Å². The van der Waals surface area contributed by atoms with E-state index in [1.165, 1.54) is 10.8 Å². The second-order valence-corrected chi connectivity index (χ2v) is 6.16. The molecule has 0 aliphatic rings. The van der Waals surface area contributed by atoms with E-state index in [9.17, 15) is 0 Å². The molecular weight excluding hydrogens is 314 g/mol. The SMILES string of the molecule is CC(C)(I)CCI. The lowest BCUT2D eigenvalue weighted by atomic mass is 10.2. The monoisotopic (exact) mass is 324 g/mol. The highest BCUT2D eigenvalue weighted by molar-refractivity contribution is 14.1. The summed E-state index contributed by atoms with van der Waals surface area (Å²) in [5.74, 6) is 0. The van der Waals surface area contributed by atoms with E-state index in [4.69, 9.17) is 0 Å². The predicted octanol–water partition coefficient (Wildman–Crippen LogP) is 3.03. The maximum atomic E-state index is 2.47. The number of hydrogen-bond acceptors (Lipinski definition) is 0. The normalized spacial score (nSPS) is 12.0. The van der Waals surface area contributed by atoms with Gasteiger partial charge >= 0.3 is 0 Å². The van der Waals surface area contributed by atoms with Crippen LogP contribution in [0.3, 0.4) is 0 Å². The van der Waals surface area contributed by atoms with Crippen molar-refractivity contribution in [2.24, 2.45) is 0 Å². The molecule has 0 rings (SSSR count). The molecule has 0 unspecified atom stereocenters. The largest absolute Gasteiger partial charge is 0.0863 e. The van der Waals surface area contributed by atoms with E-state index in [1.54, 1.807) is 0 Å². The van der Waals surface area contributed by atoms with Gasteiger partial charge in [-0.3, -0.25) is 0 Å². The third-order valence-corrected chi connectivity index (χ3v) is 1.77. The van der Waals surface area contributed by atoms with Crippen LogP contribution >= 0.6 is 45.2 Å². The summed E-state index contributed by atoms with van der Waals surface area (Å²) in [4.78, 5) is 0. The molecule has 0 fully saturated rings. The van der Waals surface area contributed by atoms with Crippen LogP contribution in [0.4, 0.5) is 0 Å². The van der Waals surface area contributed by atoms with Crippen LogP contribution in [-0.2, 0) is 0 Å². The molecule has 0 atom stereocenters. The van der Waals surface area contributed by atoms with Crippen LogP contribution < -0.4 is 0 Å². The fourth-order valence-electron chi connectivity index (χ4n) is 0.225. The lowest BCUT2D eigenvalue weighted by Crippen LogP contribution is -2.08. The molecule has 0 aromatic rings. The van der Waals surface area contributed by atoms with Crippen molar-refractivity contribution in [1.82, 2.24) is 0 Å². The Labute approximate surface area is 72.7 Å². The van der Waals surface area contributed by atoms with Crippen molar-refractivity contribution in [3.8, 4) is 0 Å². The fourth-order valence-corrected chi connectivity index (χ4v) is 2.87. The Morgan fingerprint density at radius 2 is 1.86 bits per heavy atom. The average Bonchev–Trinajstić information content (AvgIpc) is 1.30. The maximum Gasteiger partial charge on any atom is 0.0173 e. The van der Waals surface area contributed by atoms with Gasteiger partial charge in [0.15, 0.2) is 0 Å². The van der Waals surface area contributed by atoms with E-state index in [0.717, 1.165) is 0 Å². The van der Waals surface area contributed by atoms with Crippen molar-refractivity contribution < 1.29 is 0 Å². The molecule has 0 bridgehead atoms. The minimum atomic E-state index is 0.513. The van der Waals surface area contributed by atoms with Gasteiger partial charge in [-0.15, -0.1) is 0 Å².